The summed E-state index contributed by atoms with van der Waals surface area (Å²) < 4.78 is 40.8. The second kappa shape index (κ2) is 14.6. The highest BCUT2D eigenvalue weighted by Gasteiger charge is 2.34. The van der Waals surface area contributed by atoms with Crippen molar-refractivity contribution in [2.45, 2.75) is 76.9 Å². The number of rotatable bonds is 12. The number of nitrogens with zero attached hydrogens (tertiary/aromatic N) is 2. The first kappa shape index (κ1) is 32.2. The minimum atomic E-state index is -3.85. The van der Waals surface area contributed by atoms with E-state index in [1.54, 1.807) is 24.3 Å². The molecule has 4 rings (SSSR count). The van der Waals surface area contributed by atoms with Gasteiger partial charge in [0.2, 0.25) is 21.8 Å². The monoisotopic (exact) mass is 607 g/mol. The summed E-state index contributed by atoms with van der Waals surface area (Å²) in [5, 5.41) is 3.18. The van der Waals surface area contributed by atoms with E-state index in [1.807, 2.05) is 56.3 Å². The molecule has 2 amide bonds. The third-order valence-corrected chi connectivity index (χ3v) is 9.16. The van der Waals surface area contributed by atoms with E-state index in [-0.39, 0.29) is 30.8 Å². The number of anilines is 1. The van der Waals surface area contributed by atoms with Crippen LogP contribution in [0.4, 0.5) is 10.1 Å². The van der Waals surface area contributed by atoms with Crippen molar-refractivity contribution >= 4 is 27.5 Å². The Hall–Kier alpha value is -3.72. The van der Waals surface area contributed by atoms with E-state index in [0.717, 1.165) is 53.8 Å². The van der Waals surface area contributed by atoms with Crippen molar-refractivity contribution in [1.29, 1.82) is 0 Å². The summed E-state index contributed by atoms with van der Waals surface area (Å²) in [7, 11) is -3.85. The number of halogens is 1. The molecule has 3 aromatic carbocycles. The molecule has 1 atom stereocenters. The van der Waals surface area contributed by atoms with Gasteiger partial charge in [-0.2, -0.15) is 0 Å². The standard InChI is InChI=1S/C34H42FN3O4S/c1-25(2)28-16-20-31(21-17-28)38(43(3,41)42)24-33(39)37(23-27-14-18-29(35)19-15-27)32(22-26-10-6-4-7-11-26)34(40)36-30-12-8-5-9-13-30/h4,6-7,10-11,14-21,25,30,32H,5,8-9,12-13,22-24H2,1-3H3,(H,36,40). The van der Waals surface area contributed by atoms with Crippen molar-refractivity contribution in [2.75, 3.05) is 17.1 Å². The van der Waals surface area contributed by atoms with E-state index in [1.165, 1.54) is 17.0 Å². The summed E-state index contributed by atoms with van der Waals surface area (Å²) in [5.41, 5.74) is 2.91. The van der Waals surface area contributed by atoms with Crippen molar-refractivity contribution in [3.8, 4) is 0 Å². The molecule has 0 bridgehead atoms. The fourth-order valence-corrected chi connectivity index (χ4v) is 6.37. The number of hydrogen-bond donors (Lipinski definition) is 1. The van der Waals surface area contributed by atoms with Gasteiger partial charge in [-0.15, -0.1) is 0 Å². The lowest BCUT2D eigenvalue weighted by atomic mass is 9.94. The summed E-state index contributed by atoms with van der Waals surface area (Å²) in [4.78, 5) is 29.6. The van der Waals surface area contributed by atoms with Gasteiger partial charge in [-0.05, 0) is 59.7 Å². The van der Waals surface area contributed by atoms with Crippen LogP contribution in [0.3, 0.4) is 0 Å². The number of carbonyl (C=O) groups excluding carboxylic acids is 2. The van der Waals surface area contributed by atoms with E-state index in [9.17, 15) is 22.4 Å². The summed E-state index contributed by atoms with van der Waals surface area (Å²) in [6, 6.07) is 21.4. The van der Waals surface area contributed by atoms with Crippen LogP contribution in [0.25, 0.3) is 0 Å². The third-order valence-electron chi connectivity index (χ3n) is 8.02. The number of amides is 2. The minimum absolute atomic E-state index is 0.0125. The van der Waals surface area contributed by atoms with Crippen LogP contribution < -0.4 is 9.62 Å². The molecule has 1 saturated carbocycles. The van der Waals surface area contributed by atoms with Gasteiger partial charge in [0.05, 0.1) is 11.9 Å². The molecular weight excluding hydrogens is 565 g/mol. The van der Waals surface area contributed by atoms with Crippen LogP contribution in [-0.2, 0) is 32.6 Å². The zero-order valence-electron chi connectivity index (χ0n) is 25.2. The van der Waals surface area contributed by atoms with Gasteiger partial charge in [-0.3, -0.25) is 13.9 Å². The first-order chi connectivity index (χ1) is 20.5. The van der Waals surface area contributed by atoms with Crippen LogP contribution in [-0.4, -0.2) is 50.0 Å². The van der Waals surface area contributed by atoms with Crippen LogP contribution in [0.1, 0.15) is 68.6 Å². The van der Waals surface area contributed by atoms with E-state index in [2.05, 4.69) is 5.32 Å². The highest BCUT2D eigenvalue weighted by molar-refractivity contribution is 7.92. The lowest BCUT2D eigenvalue weighted by molar-refractivity contribution is -0.140. The highest BCUT2D eigenvalue weighted by Crippen LogP contribution is 2.24. The lowest BCUT2D eigenvalue weighted by Gasteiger charge is -2.35. The number of hydrogen-bond acceptors (Lipinski definition) is 4. The Balaban J connectivity index is 1.71. The van der Waals surface area contributed by atoms with Crippen molar-refractivity contribution in [2.24, 2.45) is 0 Å². The Labute approximate surface area is 255 Å². The molecule has 9 heteroatoms. The number of sulfonamides is 1. The molecular formula is C34H42FN3O4S. The number of nitrogens with one attached hydrogen (secondary N) is 1. The molecule has 1 aliphatic carbocycles. The Bertz CT molecular complexity index is 1460. The molecule has 7 nitrogen and oxygen atoms in total. The SMILES string of the molecule is CC(C)c1ccc(N(CC(=O)N(Cc2ccc(F)cc2)C(Cc2ccccc2)C(=O)NC2CCCCC2)S(C)(=O)=O)cc1. The van der Waals surface area contributed by atoms with Crippen molar-refractivity contribution < 1.29 is 22.4 Å². The summed E-state index contributed by atoms with van der Waals surface area (Å²) in [6.45, 7) is 3.62. The van der Waals surface area contributed by atoms with Gasteiger partial charge in [-0.1, -0.05) is 87.7 Å². The fourth-order valence-electron chi connectivity index (χ4n) is 5.52. The first-order valence-corrected chi connectivity index (χ1v) is 16.8. The molecule has 1 aliphatic rings. The molecule has 0 aromatic heterocycles. The van der Waals surface area contributed by atoms with Crippen molar-refractivity contribution in [3.05, 3.63) is 101 Å². The second-order valence-corrected chi connectivity index (χ2v) is 13.6. The topological polar surface area (TPSA) is 86.8 Å². The van der Waals surface area contributed by atoms with Gasteiger partial charge < -0.3 is 10.2 Å². The summed E-state index contributed by atoms with van der Waals surface area (Å²) >= 11 is 0. The fraction of sp³-hybridized carbons (Fsp3) is 0.412. The summed E-state index contributed by atoms with van der Waals surface area (Å²) in [5.74, 6) is -0.957. The average molecular weight is 608 g/mol. The van der Waals surface area contributed by atoms with Crippen LogP contribution in [0.2, 0.25) is 0 Å². The van der Waals surface area contributed by atoms with Crippen LogP contribution in [0.15, 0.2) is 78.9 Å². The molecule has 0 aliphatic heterocycles. The predicted molar refractivity (Wildman–Crippen MR) is 169 cm³/mol. The first-order valence-electron chi connectivity index (χ1n) is 15.0. The Morgan fingerprint density at radius 3 is 2.09 bits per heavy atom. The largest absolute Gasteiger partial charge is 0.352 e. The van der Waals surface area contributed by atoms with Gasteiger partial charge in [0.15, 0.2) is 0 Å². The van der Waals surface area contributed by atoms with Gasteiger partial charge >= 0.3 is 0 Å². The molecule has 0 heterocycles. The van der Waals surface area contributed by atoms with Crippen LogP contribution >= 0.6 is 0 Å². The maximum atomic E-state index is 14.2. The van der Waals surface area contributed by atoms with Crippen LogP contribution in [0.5, 0.6) is 0 Å². The Kier molecular flexibility index (Phi) is 11.0. The maximum absolute atomic E-state index is 14.2. The number of carbonyl (C=O) groups is 2. The molecule has 3 aromatic rings. The molecule has 0 spiro atoms. The minimum Gasteiger partial charge on any atom is -0.352 e. The van der Waals surface area contributed by atoms with E-state index in [4.69, 9.17) is 0 Å². The molecule has 43 heavy (non-hydrogen) atoms. The van der Waals surface area contributed by atoms with Gasteiger partial charge in [0.25, 0.3) is 0 Å². The quantitative estimate of drug-likeness (QED) is 0.282. The third kappa shape index (κ3) is 9.13. The molecule has 0 saturated heterocycles. The van der Waals surface area contributed by atoms with E-state index < -0.39 is 34.3 Å². The van der Waals surface area contributed by atoms with Gasteiger partial charge in [0.1, 0.15) is 18.4 Å². The Morgan fingerprint density at radius 1 is 0.884 bits per heavy atom. The zero-order valence-corrected chi connectivity index (χ0v) is 26.0. The summed E-state index contributed by atoms with van der Waals surface area (Å²) in [6.07, 6.45) is 6.27. The second-order valence-electron chi connectivity index (χ2n) is 11.7. The van der Waals surface area contributed by atoms with Crippen molar-refractivity contribution in [1.82, 2.24) is 10.2 Å². The average Bonchev–Trinajstić information content (AvgIpc) is 2.99. The molecule has 1 fully saturated rings. The molecule has 0 radical (unpaired) electrons. The van der Waals surface area contributed by atoms with Gasteiger partial charge in [-0.25, -0.2) is 12.8 Å². The normalized spacial score (nSPS) is 14.7. The molecule has 1 N–H and O–H groups in total. The molecule has 1 unspecified atom stereocenters. The zero-order chi connectivity index (χ0) is 31.0. The lowest BCUT2D eigenvalue weighted by Crippen LogP contribution is -2.55. The van der Waals surface area contributed by atoms with Crippen LogP contribution in [0, 0.1) is 5.82 Å². The van der Waals surface area contributed by atoms with E-state index >= 15 is 0 Å². The maximum Gasteiger partial charge on any atom is 0.244 e. The van der Waals surface area contributed by atoms with E-state index in [0.29, 0.717) is 11.3 Å². The highest BCUT2D eigenvalue weighted by atomic mass is 32.2. The van der Waals surface area contributed by atoms with Crippen molar-refractivity contribution in [3.63, 3.8) is 0 Å². The molecule has 230 valence electrons. The van der Waals surface area contributed by atoms with Gasteiger partial charge in [0, 0.05) is 19.0 Å². The Morgan fingerprint density at radius 2 is 1.51 bits per heavy atom. The predicted octanol–water partition coefficient (Wildman–Crippen LogP) is 5.80. The number of benzene rings is 3. The smallest absolute Gasteiger partial charge is 0.244 e.